The van der Waals surface area contributed by atoms with E-state index in [1.54, 1.807) is 0 Å². The van der Waals surface area contributed by atoms with Gasteiger partial charge in [-0.3, -0.25) is 0 Å². The van der Waals surface area contributed by atoms with Gasteiger partial charge in [-0.1, -0.05) is 6.42 Å². The van der Waals surface area contributed by atoms with E-state index < -0.39 is 0 Å². The second-order valence-corrected chi connectivity index (χ2v) is 4.89. The first-order valence-corrected chi connectivity index (χ1v) is 6.53. The number of aliphatic hydroxyl groups excluding tert-OH is 1. The molecule has 1 aliphatic rings. The Hall–Kier alpha value is -0.590. The van der Waals surface area contributed by atoms with Crippen LogP contribution in [0.3, 0.4) is 0 Å². The van der Waals surface area contributed by atoms with Gasteiger partial charge in [-0.15, -0.1) is 0 Å². The lowest BCUT2D eigenvalue weighted by Gasteiger charge is -2.36. The third-order valence-corrected chi connectivity index (χ3v) is 3.35. The zero-order chi connectivity index (χ0) is 11.8. The molecule has 0 amide bonds. The third-order valence-electron chi connectivity index (χ3n) is 3.35. The van der Waals surface area contributed by atoms with Gasteiger partial charge in [0.2, 0.25) is 0 Å². The first kappa shape index (κ1) is 13.5. The molecule has 3 heteroatoms. The van der Waals surface area contributed by atoms with Crippen LogP contribution in [0.25, 0.3) is 0 Å². The SMILES string of the molecule is CC(O)CC1CCCCN1CCCCC#N. The Balaban J connectivity index is 2.27. The highest BCUT2D eigenvalue weighted by atomic mass is 16.3. The van der Waals surface area contributed by atoms with Crippen LogP contribution in [0.15, 0.2) is 0 Å². The maximum absolute atomic E-state index is 9.46. The molecule has 3 nitrogen and oxygen atoms in total. The summed E-state index contributed by atoms with van der Waals surface area (Å²) in [5.41, 5.74) is 0. The fourth-order valence-electron chi connectivity index (χ4n) is 2.53. The average molecular weight is 224 g/mol. The van der Waals surface area contributed by atoms with Crippen LogP contribution in [0.5, 0.6) is 0 Å². The van der Waals surface area contributed by atoms with Gasteiger partial charge in [0.05, 0.1) is 12.2 Å². The molecule has 0 aromatic rings. The fourth-order valence-corrected chi connectivity index (χ4v) is 2.53. The van der Waals surface area contributed by atoms with Crippen molar-refractivity contribution >= 4 is 0 Å². The molecule has 2 unspecified atom stereocenters. The van der Waals surface area contributed by atoms with Crippen molar-refractivity contribution in [1.82, 2.24) is 4.90 Å². The molecule has 0 saturated carbocycles. The Morgan fingerprint density at radius 1 is 1.44 bits per heavy atom. The highest BCUT2D eigenvalue weighted by molar-refractivity contribution is 4.79. The molecule has 1 saturated heterocycles. The number of hydrogen-bond donors (Lipinski definition) is 1. The monoisotopic (exact) mass is 224 g/mol. The van der Waals surface area contributed by atoms with Gasteiger partial charge in [-0.25, -0.2) is 0 Å². The predicted molar refractivity (Wildman–Crippen MR) is 65.0 cm³/mol. The van der Waals surface area contributed by atoms with E-state index in [1.807, 2.05) is 6.92 Å². The summed E-state index contributed by atoms with van der Waals surface area (Å²) in [4.78, 5) is 2.51. The number of likely N-dealkylation sites (tertiary alicyclic amines) is 1. The molecule has 1 aliphatic heterocycles. The lowest BCUT2D eigenvalue weighted by Crippen LogP contribution is -2.41. The molecule has 0 aliphatic carbocycles. The quantitative estimate of drug-likeness (QED) is 0.704. The van der Waals surface area contributed by atoms with Gasteiger partial charge in [-0.05, 0) is 52.1 Å². The number of nitrogens with zero attached hydrogens (tertiary/aromatic N) is 2. The highest BCUT2D eigenvalue weighted by Gasteiger charge is 2.22. The van der Waals surface area contributed by atoms with Crippen molar-refractivity contribution in [3.05, 3.63) is 0 Å². The van der Waals surface area contributed by atoms with E-state index in [1.165, 1.54) is 25.8 Å². The van der Waals surface area contributed by atoms with Crippen LogP contribution in [-0.2, 0) is 0 Å². The van der Waals surface area contributed by atoms with E-state index in [0.717, 1.165) is 25.8 Å². The molecule has 1 fully saturated rings. The molecule has 0 aromatic carbocycles. The van der Waals surface area contributed by atoms with E-state index in [4.69, 9.17) is 5.26 Å². The highest BCUT2D eigenvalue weighted by Crippen LogP contribution is 2.21. The Bertz CT molecular complexity index is 222. The minimum atomic E-state index is -0.190. The number of aliphatic hydroxyl groups is 1. The van der Waals surface area contributed by atoms with Gasteiger partial charge in [0.25, 0.3) is 0 Å². The van der Waals surface area contributed by atoms with E-state index in [-0.39, 0.29) is 6.10 Å². The largest absolute Gasteiger partial charge is 0.393 e. The summed E-state index contributed by atoms with van der Waals surface area (Å²) in [6.45, 7) is 4.14. The summed E-state index contributed by atoms with van der Waals surface area (Å²) in [5.74, 6) is 0. The molecule has 0 spiro atoms. The molecule has 2 atom stereocenters. The molecular weight excluding hydrogens is 200 g/mol. The summed E-state index contributed by atoms with van der Waals surface area (Å²) >= 11 is 0. The van der Waals surface area contributed by atoms with Crippen LogP contribution in [0.2, 0.25) is 0 Å². The Labute approximate surface area is 99.1 Å². The van der Waals surface area contributed by atoms with Crippen LogP contribution in [0.1, 0.15) is 51.9 Å². The van der Waals surface area contributed by atoms with Crippen LogP contribution in [0.4, 0.5) is 0 Å². The Morgan fingerprint density at radius 2 is 2.25 bits per heavy atom. The standard InChI is InChI=1S/C13H24N2O/c1-12(16)11-13-7-3-6-10-15(13)9-5-2-4-8-14/h12-13,16H,2-7,9-11H2,1H3. The number of piperidine rings is 1. The summed E-state index contributed by atoms with van der Waals surface area (Å²) in [5, 5.41) is 17.9. The molecule has 16 heavy (non-hydrogen) atoms. The van der Waals surface area contributed by atoms with Gasteiger partial charge in [-0.2, -0.15) is 5.26 Å². The smallest absolute Gasteiger partial charge is 0.0621 e. The van der Waals surface area contributed by atoms with Crippen LogP contribution in [0, 0.1) is 11.3 Å². The van der Waals surface area contributed by atoms with Crippen molar-refractivity contribution < 1.29 is 5.11 Å². The molecule has 0 radical (unpaired) electrons. The maximum atomic E-state index is 9.46. The van der Waals surface area contributed by atoms with E-state index >= 15 is 0 Å². The molecule has 0 bridgehead atoms. The van der Waals surface area contributed by atoms with E-state index in [0.29, 0.717) is 12.5 Å². The number of nitriles is 1. The van der Waals surface area contributed by atoms with Crippen molar-refractivity contribution in [3.8, 4) is 6.07 Å². The fraction of sp³-hybridized carbons (Fsp3) is 0.923. The van der Waals surface area contributed by atoms with Crippen LogP contribution < -0.4 is 0 Å². The topological polar surface area (TPSA) is 47.3 Å². The van der Waals surface area contributed by atoms with Gasteiger partial charge < -0.3 is 10.0 Å². The predicted octanol–water partition coefficient (Wildman–Crippen LogP) is 2.31. The van der Waals surface area contributed by atoms with Crippen LogP contribution in [-0.4, -0.2) is 35.2 Å². The van der Waals surface area contributed by atoms with E-state index in [2.05, 4.69) is 11.0 Å². The Kier molecular flexibility index (Phi) is 6.44. The van der Waals surface area contributed by atoms with Gasteiger partial charge >= 0.3 is 0 Å². The van der Waals surface area contributed by atoms with Crippen molar-refractivity contribution in [2.75, 3.05) is 13.1 Å². The number of rotatable bonds is 6. The molecule has 92 valence electrons. The first-order valence-electron chi connectivity index (χ1n) is 6.53. The first-order chi connectivity index (χ1) is 7.74. The second-order valence-electron chi connectivity index (χ2n) is 4.89. The average Bonchev–Trinajstić information content (AvgIpc) is 2.26. The lowest BCUT2D eigenvalue weighted by molar-refractivity contribution is 0.0858. The summed E-state index contributed by atoms with van der Waals surface area (Å²) in [6.07, 6.45) is 7.32. The van der Waals surface area contributed by atoms with Gasteiger partial charge in [0, 0.05) is 12.5 Å². The zero-order valence-electron chi connectivity index (χ0n) is 10.4. The minimum absolute atomic E-state index is 0.190. The lowest BCUT2D eigenvalue weighted by atomic mass is 9.97. The minimum Gasteiger partial charge on any atom is -0.393 e. The maximum Gasteiger partial charge on any atom is 0.0621 e. The molecule has 1 rings (SSSR count). The van der Waals surface area contributed by atoms with Crippen molar-refractivity contribution in [2.24, 2.45) is 0 Å². The molecule has 0 aromatic heterocycles. The van der Waals surface area contributed by atoms with Crippen molar-refractivity contribution in [3.63, 3.8) is 0 Å². The van der Waals surface area contributed by atoms with Crippen molar-refractivity contribution in [2.45, 2.75) is 64.0 Å². The molecule has 1 heterocycles. The van der Waals surface area contributed by atoms with Crippen molar-refractivity contribution in [1.29, 1.82) is 5.26 Å². The van der Waals surface area contributed by atoms with Gasteiger partial charge in [0.15, 0.2) is 0 Å². The number of hydrogen-bond acceptors (Lipinski definition) is 3. The zero-order valence-corrected chi connectivity index (χ0v) is 10.4. The number of unbranched alkanes of at least 4 members (excludes halogenated alkanes) is 2. The van der Waals surface area contributed by atoms with Crippen LogP contribution >= 0.6 is 0 Å². The summed E-state index contributed by atoms with van der Waals surface area (Å²) < 4.78 is 0. The molecule has 1 N–H and O–H groups in total. The van der Waals surface area contributed by atoms with Gasteiger partial charge in [0.1, 0.15) is 0 Å². The van der Waals surface area contributed by atoms with E-state index in [9.17, 15) is 5.11 Å². The normalized spacial score (nSPS) is 23.9. The molecular formula is C13H24N2O. The summed E-state index contributed by atoms with van der Waals surface area (Å²) in [6, 6.07) is 2.76. The Morgan fingerprint density at radius 3 is 2.94 bits per heavy atom. The second kappa shape index (κ2) is 7.65. The summed E-state index contributed by atoms with van der Waals surface area (Å²) in [7, 11) is 0. The third kappa shape index (κ3) is 4.96.